The van der Waals surface area contributed by atoms with Crippen LogP contribution in [0.5, 0.6) is 0 Å². The molecule has 0 saturated carbocycles. The first-order valence-corrected chi connectivity index (χ1v) is 14.5. The molecule has 14 heteroatoms. The molecule has 2 aromatic carbocycles. The normalized spacial score (nSPS) is 15.8. The molecule has 1 aliphatic heterocycles. The molecular formula is C29H34Cl2N4O8. The summed E-state index contributed by atoms with van der Waals surface area (Å²) < 4.78 is 10.2. The van der Waals surface area contributed by atoms with Crippen molar-refractivity contribution in [2.24, 2.45) is 0 Å². The van der Waals surface area contributed by atoms with Gasteiger partial charge < -0.3 is 24.2 Å². The van der Waals surface area contributed by atoms with Crippen molar-refractivity contribution in [1.29, 1.82) is 0 Å². The number of amides is 3. The number of ether oxygens (including phenoxy) is 2. The number of esters is 1. The van der Waals surface area contributed by atoms with E-state index in [-0.39, 0.29) is 63.8 Å². The van der Waals surface area contributed by atoms with E-state index in [0.717, 1.165) is 5.56 Å². The van der Waals surface area contributed by atoms with Gasteiger partial charge in [0.25, 0.3) is 5.69 Å². The van der Waals surface area contributed by atoms with Gasteiger partial charge in [-0.1, -0.05) is 47.5 Å². The lowest BCUT2D eigenvalue weighted by Gasteiger charge is -2.42. The Balaban J connectivity index is 1.80. The maximum absolute atomic E-state index is 13.7. The average molecular weight is 638 g/mol. The number of halogens is 2. The van der Waals surface area contributed by atoms with E-state index in [1.807, 2.05) is 0 Å². The fourth-order valence-corrected chi connectivity index (χ4v) is 5.11. The van der Waals surface area contributed by atoms with Gasteiger partial charge in [0, 0.05) is 43.8 Å². The minimum atomic E-state index is -1.17. The van der Waals surface area contributed by atoms with Gasteiger partial charge in [-0.15, -0.1) is 0 Å². The highest BCUT2D eigenvalue weighted by molar-refractivity contribution is 6.30. The van der Waals surface area contributed by atoms with E-state index in [9.17, 15) is 29.3 Å². The van der Waals surface area contributed by atoms with Gasteiger partial charge in [0.2, 0.25) is 17.7 Å². The Morgan fingerprint density at radius 2 is 1.77 bits per heavy atom. The summed E-state index contributed by atoms with van der Waals surface area (Å²) in [6.07, 6.45) is 0.140. The summed E-state index contributed by atoms with van der Waals surface area (Å²) in [6.45, 7) is 1.42. The molecule has 1 aliphatic rings. The molecule has 1 heterocycles. The van der Waals surface area contributed by atoms with Crippen LogP contribution in [0.4, 0.5) is 5.69 Å². The van der Waals surface area contributed by atoms with Crippen molar-refractivity contribution in [2.45, 2.75) is 37.7 Å². The second kappa shape index (κ2) is 16.2. The van der Waals surface area contributed by atoms with Crippen LogP contribution in [0.25, 0.3) is 0 Å². The molecule has 2 atom stereocenters. The number of nitrogens with zero attached hydrogens (tertiary/aromatic N) is 4. The molecule has 0 spiro atoms. The van der Waals surface area contributed by atoms with E-state index in [4.69, 9.17) is 32.7 Å². The van der Waals surface area contributed by atoms with Crippen molar-refractivity contribution in [3.63, 3.8) is 0 Å². The van der Waals surface area contributed by atoms with E-state index in [0.29, 0.717) is 10.6 Å². The largest absolute Gasteiger partial charge is 0.465 e. The third kappa shape index (κ3) is 9.63. The zero-order valence-electron chi connectivity index (χ0n) is 23.9. The van der Waals surface area contributed by atoms with Crippen LogP contribution in [-0.2, 0) is 41.5 Å². The minimum Gasteiger partial charge on any atom is -0.465 e. The number of benzene rings is 2. The van der Waals surface area contributed by atoms with Gasteiger partial charge >= 0.3 is 5.97 Å². The molecule has 0 bridgehead atoms. The number of hydrogen-bond acceptors (Lipinski definition) is 8. The van der Waals surface area contributed by atoms with Gasteiger partial charge in [-0.3, -0.25) is 29.3 Å². The van der Waals surface area contributed by atoms with Crippen LogP contribution < -0.4 is 0 Å². The molecule has 0 N–H and O–H groups in total. The van der Waals surface area contributed by atoms with E-state index in [2.05, 4.69) is 0 Å². The summed E-state index contributed by atoms with van der Waals surface area (Å²) in [4.78, 5) is 67.3. The first-order valence-electron chi connectivity index (χ1n) is 13.7. The average Bonchev–Trinajstić information content (AvgIpc) is 2.98. The van der Waals surface area contributed by atoms with Gasteiger partial charge in [0.05, 0.1) is 24.6 Å². The van der Waals surface area contributed by atoms with Crippen molar-refractivity contribution in [3.8, 4) is 0 Å². The molecule has 1 fully saturated rings. The Kier molecular flexibility index (Phi) is 12.7. The number of hydrogen-bond donors (Lipinski definition) is 0. The van der Waals surface area contributed by atoms with Crippen LogP contribution >= 0.6 is 23.2 Å². The number of non-ortho nitro benzene ring substituents is 1. The number of carbonyl (C=O) groups excluding carboxylic acids is 4. The summed E-state index contributed by atoms with van der Waals surface area (Å²) in [6, 6.07) is 11.6. The summed E-state index contributed by atoms with van der Waals surface area (Å²) in [5.74, 6) is -2.06. The maximum Gasteiger partial charge on any atom is 0.325 e. The molecule has 0 aromatic heterocycles. The van der Waals surface area contributed by atoms with Gasteiger partial charge in [0.1, 0.15) is 24.6 Å². The number of methoxy groups -OCH3 is 1. The number of nitro benzene ring substituents is 1. The number of nitro groups is 1. The molecule has 232 valence electrons. The van der Waals surface area contributed by atoms with E-state index < -0.39 is 40.7 Å². The fourth-order valence-electron chi connectivity index (χ4n) is 4.64. The minimum absolute atomic E-state index is 0.0702. The molecule has 43 heavy (non-hydrogen) atoms. The lowest BCUT2D eigenvalue weighted by atomic mass is 10.0. The number of carbonyl (C=O) groups is 4. The molecule has 2 unspecified atom stereocenters. The predicted molar refractivity (Wildman–Crippen MR) is 159 cm³/mol. The van der Waals surface area contributed by atoms with Gasteiger partial charge in [0.15, 0.2) is 0 Å². The highest BCUT2D eigenvalue weighted by atomic mass is 35.5. The van der Waals surface area contributed by atoms with Crippen molar-refractivity contribution < 1.29 is 33.6 Å². The summed E-state index contributed by atoms with van der Waals surface area (Å²) in [7, 11) is 1.46. The Morgan fingerprint density at radius 3 is 2.37 bits per heavy atom. The smallest absolute Gasteiger partial charge is 0.325 e. The van der Waals surface area contributed by atoms with Crippen LogP contribution in [-0.4, -0.2) is 101 Å². The van der Waals surface area contributed by atoms with Crippen LogP contribution in [0.2, 0.25) is 5.02 Å². The van der Waals surface area contributed by atoms with Crippen molar-refractivity contribution in [1.82, 2.24) is 14.7 Å². The quantitative estimate of drug-likeness (QED) is 0.0955. The molecule has 3 amide bonds. The third-order valence-electron chi connectivity index (χ3n) is 6.93. The molecule has 1 saturated heterocycles. The molecular weight excluding hydrogens is 603 g/mol. The zero-order chi connectivity index (χ0) is 31.5. The first kappa shape index (κ1) is 33.8. The third-order valence-corrected chi connectivity index (χ3v) is 7.57. The SMILES string of the molecule is CCOC(=O)CN(CCc1ccc([N+](=O)[O-])cc1)C(=O)CC1C(=O)N(C(Cl)Cc2ccc(Cl)cc2)CC(=O)N1CCOC. The Hall–Kier alpha value is -3.74. The van der Waals surface area contributed by atoms with E-state index in [1.54, 1.807) is 43.3 Å². The second-order valence-electron chi connectivity index (χ2n) is 9.82. The molecule has 0 radical (unpaired) electrons. The van der Waals surface area contributed by atoms with Gasteiger partial charge in [-0.25, -0.2) is 0 Å². The fraction of sp³-hybridized carbons (Fsp3) is 0.448. The Labute approximate surface area is 259 Å². The summed E-state index contributed by atoms with van der Waals surface area (Å²) in [5, 5.41) is 11.5. The Morgan fingerprint density at radius 1 is 1.12 bits per heavy atom. The maximum atomic E-state index is 13.7. The van der Waals surface area contributed by atoms with Crippen LogP contribution in [0.3, 0.4) is 0 Å². The monoisotopic (exact) mass is 636 g/mol. The highest BCUT2D eigenvalue weighted by Crippen LogP contribution is 2.23. The zero-order valence-corrected chi connectivity index (χ0v) is 25.5. The molecule has 0 aliphatic carbocycles. The van der Waals surface area contributed by atoms with Gasteiger partial charge in [-0.2, -0.15) is 0 Å². The summed E-state index contributed by atoms with van der Waals surface area (Å²) in [5.41, 5.74) is 0.581. The van der Waals surface area contributed by atoms with Crippen molar-refractivity contribution in [2.75, 3.05) is 46.5 Å². The van der Waals surface area contributed by atoms with E-state index >= 15 is 0 Å². The van der Waals surface area contributed by atoms with Crippen LogP contribution in [0.15, 0.2) is 48.5 Å². The number of rotatable bonds is 15. The van der Waals surface area contributed by atoms with Crippen LogP contribution in [0.1, 0.15) is 24.5 Å². The van der Waals surface area contributed by atoms with Crippen LogP contribution in [0, 0.1) is 10.1 Å². The first-order chi connectivity index (χ1) is 20.5. The predicted octanol–water partition coefficient (Wildman–Crippen LogP) is 3.07. The second-order valence-corrected chi connectivity index (χ2v) is 10.8. The number of alkyl halides is 1. The van der Waals surface area contributed by atoms with E-state index in [1.165, 1.54) is 33.9 Å². The number of piperazine rings is 1. The lowest BCUT2D eigenvalue weighted by molar-refractivity contribution is -0.384. The van der Waals surface area contributed by atoms with Crippen molar-refractivity contribution >= 4 is 52.6 Å². The lowest BCUT2D eigenvalue weighted by Crippen LogP contribution is -2.63. The molecule has 12 nitrogen and oxygen atoms in total. The summed E-state index contributed by atoms with van der Waals surface area (Å²) >= 11 is 12.6. The molecule has 2 aromatic rings. The standard InChI is InChI=1S/C29H34Cl2N4O8/c1-3-43-28(38)19-32(13-12-20-6-10-23(11-7-20)35(40)41)26(36)17-24-29(39)34(18-27(37)33(24)14-15-42-2)25(31)16-21-4-8-22(30)9-5-21/h4-11,24-25H,3,12-19H2,1-2H3. The highest BCUT2D eigenvalue weighted by Gasteiger charge is 2.43. The van der Waals surface area contributed by atoms with Crippen molar-refractivity contribution in [3.05, 3.63) is 74.8 Å². The Bertz CT molecular complexity index is 1290. The topological polar surface area (TPSA) is 140 Å². The van der Waals surface area contributed by atoms with Gasteiger partial charge in [-0.05, 0) is 36.6 Å². The molecule has 3 rings (SSSR count).